The molecule has 3 aliphatic rings. The van der Waals surface area contributed by atoms with Crippen LogP contribution >= 0.6 is 0 Å². The van der Waals surface area contributed by atoms with E-state index in [0.717, 1.165) is 17.9 Å². The van der Waals surface area contributed by atoms with E-state index >= 15 is 0 Å². The molecular formula is C20H28N2O3S. The van der Waals surface area contributed by atoms with Crippen molar-refractivity contribution in [1.82, 2.24) is 9.62 Å². The standard InChI is InChI=1S/C20H28N2O3S/c1-14-2-6-18(7-3-14)26(24,25)22-10-8-16(9-11-22)20(23)21-19-13-15-4-5-17(19)12-15/h2-3,6-7,15-17,19H,4-5,8-13H2,1H3,(H,21,23)/t15-,17+,19-/m0/s1. The summed E-state index contributed by atoms with van der Waals surface area (Å²) in [4.78, 5) is 13.0. The third kappa shape index (κ3) is 3.41. The summed E-state index contributed by atoms with van der Waals surface area (Å²) in [5, 5.41) is 3.26. The molecule has 3 atom stereocenters. The summed E-state index contributed by atoms with van der Waals surface area (Å²) in [5.74, 6) is 1.56. The predicted octanol–water partition coefficient (Wildman–Crippen LogP) is 2.70. The molecule has 0 unspecified atom stereocenters. The highest BCUT2D eigenvalue weighted by atomic mass is 32.2. The Morgan fingerprint density at radius 3 is 2.31 bits per heavy atom. The van der Waals surface area contributed by atoms with E-state index in [9.17, 15) is 13.2 Å². The molecule has 142 valence electrons. The number of hydrogen-bond acceptors (Lipinski definition) is 3. The molecule has 2 bridgehead atoms. The molecule has 0 aromatic heterocycles. The molecule has 26 heavy (non-hydrogen) atoms. The Morgan fingerprint density at radius 2 is 1.73 bits per heavy atom. The van der Waals surface area contributed by atoms with Gasteiger partial charge in [-0.25, -0.2) is 8.42 Å². The van der Waals surface area contributed by atoms with E-state index in [-0.39, 0.29) is 11.8 Å². The highest BCUT2D eigenvalue weighted by Crippen LogP contribution is 2.44. The average molecular weight is 377 g/mol. The van der Waals surface area contributed by atoms with Crippen LogP contribution in [0.1, 0.15) is 44.1 Å². The Kier molecular flexibility index (Phi) is 4.82. The predicted molar refractivity (Wildman–Crippen MR) is 100 cm³/mol. The molecule has 2 saturated carbocycles. The third-order valence-electron chi connectivity index (χ3n) is 6.55. The number of fused-ring (bicyclic) bond motifs is 2. The van der Waals surface area contributed by atoms with Crippen LogP contribution in [0.25, 0.3) is 0 Å². The van der Waals surface area contributed by atoms with Gasteiger partial charge in [-0.15, -0.1) is 0 Å². The zero-order chi connectivity index (χ0) is 18.3. The van der Waals surface area contributed by atoms with Gasteiger partial charge in [-0.05, 0) is 63.0 Å². The number of carbonyl (C=O) groups is 1. The fourth-order valence-corrected chi connectivity index (χ4v) is 6.41. The molecule has 3 fully saturated rings. The summed E-state index contributed by atoms with van der Waals surface area (Å²) >= 11 is 0. The Bertz CT molecular complexity index is 767. The van der Waals surface area contributed by atoms with Gasteiger partial charge in [0.25, 0.3) is 0 Å². The summed E-state index contributed by atoms with van der Waals surface area (Å²) in [6.07, 6.45) is 6.21. The molecule has 1 aliphatic heterocycles. The van der Waals surface area contributed by atoms with Crippen LogP contribution in [0.5, 0.6) is 0 Å². The van der Waals surface area contributed by atoms with Crippen molar-refractivity contribution in [2.75, 3.05) is 13.1 Å². The zero-order valence-electron chi connectivity index (χ0n) is 15.4. The van der Waals surface area contributed by atoms with E-state index in [1.807, 2.05) is 19.1 Å². The van der Waals surface area contributed by atoms with Gasteiger partial charge in [0.1, 0.15) is 0 Å². The minimum atomic E-state index is -3.46. The van der Waals surface area contributed by atoms with E-state index in [2.05, 4.69) is 5.32 Å². The first-order valence-electron chi connectivity index (χ1n) is 9.80. The van der Waals surface area contributed by atoms with Crippen molar-refractivity contribution in [3.05, 3.63) is 29.8 Å². The first kappa shape index (κ1) is 18.0. The number of amides is 1. The van der Waals surface area contributed by atoms with Crippen molar-refractivity contribution in [3.63, 3.8) is 0 Å². The maximum absolute atomic E-state index is 12.8. The van der Waals surface area contributed by atoms with Gasteiger partial charge in [0.05, 0.1) is 4.90 Å². The van der Waals surface area contributed by atoms with Gasteiger partial charge in [-0.2, -0.15) is 4.31 Å². The van der Waals surface area contributed by atoms with Gasteiger partial charge in [0.15, 0.2) is 0 Å². The molecule has 6 heteroatoms. The lowest BCUT2D eigenvalue weighted by Crippen LogP contribution is -2.46. The first-order valence-corrected chi connectivity index (χ1v) is 11.2. The van der Waals surface area contributed by atoms with Crippen molar-refractivity contribution < 1.29 is 13.2 Å². The van der Waals surface area contributed by atoms with E-state index < -0.39 is 10.0 Å². The number of aryl methyl sites for hydroxylation is 1. The lowest BCUT2D eigenvalue weighted by atomic mass is 9.93. The van der Waals surface area contributed by atoms with Crippen LogP contribution in [-0.2, 0) is 14.8 Å². The molecule has 1 amide bonds. The second kappa shape index (κ2) is 6.97. The zero-order valence-corrected chi connectivity index (χ0v) is 16.2. The second-order valence-electron chi connectivity index (χ2n) is 8.28. The van der Waals surface area contributed by atoms with Gasteiger partial charge in [-0.1, -0.05) is 24.1 Å². The number of piperidine rings is 1. The van der Waals surface area contributed by atoms with E-state index in [1.54, 1.807) is 12.1 Å². The van der Waals surface area contributed by atoms with Gasteiger partial charge in [0.2, 0.25) is 15.9 Å². The normalized spacial score (nSPS) is 29.8. The Hall–Kier alpha value is -1.40. The minimum Gasteiger partial charge on any atom is -0.353 e. The van der Waals surface area contributed by atoms with Crippen LogP contribution in [0.3, 0.4) is 0 Å². The van der Waals surface area contributed by atoms with E-state index in [1.165, 1.54) is 23.6 Å². The number of benzene rings is 1. The number of nitrogens with zero attached hydrogens (tertiary/aromatic N) is 1. The number of sulfonamides is 1. The minimum absolute atomic E-state index is 0.0569. The molecule has 1 aromatic rings. The topological polar surface area (TPSA) is 66.5 Å². The highest BCUT2D eigenvalue weighted by Gasteiger charge is 2.41. The molecule has 0 radical (unpaired) electrons. The largest absolute Gasteiger partial charge is 0.353 e. The molecule has 2 aliphatic carbocycles. The monoisotopic (exact) mass is 376 g/mol. The van der Waals surface area contributed by atoms with Gasteiger partial charge < -0.3 is 5.32 Å². The maximum atomic E-state index is 12.8. The van der Waals surface area contributed by atoms with Crippen LogP contribution in [0.4, 0.5) is 0 Å². The summed E-state index contributed by atoms with van der Waals surface area (Å²) in [7, 11) is -3.46. The van der Waals surface area contributed by atoms with Gasteiger partial charge in [0, 0.05) is 25.0 Å². The van der Waals surface area contributed by atoms with E-state index in [4.69, 9.17) is 0 Å². The molecular weight excluding hydrogens is 348 g/mol. The summed E-state index contributed by atoms with van der Waals surface area (Å²) in [5.41, 5.74) is 1.04. The first-order chi connectivity index (χ1) is 12.4. The quantitative estimate of drug-likeness (QED) is 0.879. The second-order valence-corrected chi connectivity index (χ2v) is 10.2. The van der Waals surface area contributed by atoms with Crippen molar-refractivity contribution in [3.8, 4) is 0 Å². The molecule has 1 aromatic carbocycles. The molecule has 1 N–H and O–H groups in total. The lowest BCUT2D eigenvalue weighted by molar-refractivity contribution is -0.127. The average Bonchev–Trinajstić information content (AvgIpc) is 3.25. The maximum Gasteiger partial charge on any atom is 0.243 e. The summed E-state index contributed by atoms with van der Waals surface area (Å²) in [6, 6.07) is 7.33. The van der Waals surface area contributed by atoms with Crippen LogP contribution in [-0.4, -0.2) is 37.8 Å². The van der Waals surface area contributed by atoms with Crippen LogP contribution in [0.15, 0.2) is 29.2 Å². The molecule has 1 saturated heterocycles. The van der Waals surface area contributed by atoms with Gasteiger partial charge >= 0.3 is 0 Å². The van der Waals surface area contributed by atoms with Crippen LogP contribution < -0.4 is 5.32 Å². The fourth-order valence-electron chi connectivity index (χ4n) is 4.94. The van der Waals surface area contributed by atoms with Crippen molar-refractivity contribution in [2.24, 2.45) is 17.8 Å². The Labute approximate surface area is 156 Å². The fraction of sp³-hybridized carbons (Fsp3) is 0.650. The summed E-state index contributed by atoms with van der Waals surface area (Å²) < 4.78 is 27.1. The SMILES string of the molecule is Cc1ccc(S(=O)(=O)N2CCC(C(=O)N[C@H]3C[C@H]4CC[C@@H]3C4)CC2)cc1. The number of nitrogens with one attached hydrogen (secondary N) is 1. The molecule has 5 nitrogen and oxygen atoms in total. The van der Waals surface area contributed by atoms with Crippen molar-refractivity contribution in [1.29, 1.82) is 0 Å². The highest BCUT2D eigenvalue weighted by molar-refractivity contribution is 7.89. The van der Waals surface area contributed by atoms with Gasteiger partial charge in [-0.3, -0.25) is 4.79 Å². The molecule has 4 rings (SSSR count). The van der Waals surface area contributed by atoms with Crippen LogP contribution in [0, 0.1) is 24.7 Å². The summed E-state index contributed by atoms with van der Waals surface area (Å²) in [6.45, 7) is 2.78. The number of hydrogen-bond donors (Lipinski definition) is 1. The Balaban J connectivity index is 1.33. The van der Waals surface area contributed by atoms with Crippen LogP contribution in [0.2, 0.25) is 0 Å². The van der Waals surface area contributed by atoms with Crippen molar-refractivity contribution in [2.45, 2.75) is 56.4 Å². The number of carbonyl (C=O) groups excluding carboxylic acids is 1. The smallest absolute Gasteiger partial charge is 0.243 e. The third-order valence-corrected chi connectivity index (χ3v) is 8.46. The number of rotatable bonds is 4. The Morgan fingerprint density at radius 1 is 1.04 bits per heavy atom. The van der Waals surface area contributed by atoms with Crippen molar-refractivity contribution >= 4 is 15.9 Å². The molecule has 1 heterocycles. The molecule has 0 spiro atoms. The lowest BCUT2D eigenvalue weighted by Gasteiger charge is -2.32. The van der Waals surface area contributed by atoms with E-state index in [0.29, 0.717) is 42.8 Å².